The van der Waals surface area contributed by atoms with Crippen LogP contribution >= 0.6 is 0 Å². The predicted molar refractivity (Wildman–Crippen MR) is 58.3 cm³/mol. The Labute approximate surface area is 89.6 Å². The molecule has 0 spiro atoms. The predicted octanol–water partition coefficient (Wildman–Crippen LogP) is 1.52. The van der Waals surface area contributed by atoms with E-state index in [1.165, 1.54) is 0 Å². The number of aliphatic hydroxyl groups is 1. The molecule has 0 aromatic carbocycles. The first kappa shape index (κ1) is 11.5. The van der Waals surface area contributed by atoms with Crippen molar-refractivity contribution in [3.05, 3.63) is 23.9 Å². The van der Waals surface area contributed by atoms with Crippen molar-refractivity contribution in [2.45, 2.75) is 32.4 Å². The van der Waals surface area contributed by atoms with Gasteiger partial charge in [-0.15, -0.1) is 0 Å². The van der Waals surface area contributed by atoms with Crippen molar-refractivity contribution in [3.8, 4) is 6.07 Å². The highest BCUT2D eigenvalue weighted by molar-refractivity contribution is 5.52. The van der Waals surface area contributed by atoms with E-state index in [0.717, 1.165) is 0 Å². The van der Waals surface area contributed by atoms with Gasteiger partial charge in [0.15, 0.2) is 0 Å². The van der Waals surface area contributed by atoms with Crippen molar-refractivity contribution >= 4 is 5.82 Å². The minimum atomic E-state index is -0.536. The SMILES string of the molecule is CC(O)C(C)(C)Nc1ncccc1C#N. The van der Waals surface area contributed by atoms with Crippen LogP contribution in [0.1, 0.15) is 26.3 Å². The third kappa shape index (κ3) is 2.67. The molecule has 0 bridgehead atoms. The summed E-state index contributed by atoms with van der Waals surface area (Å²) in [6.07, 6.45) is 1.08. The Hall–Kier alpha value is -1.60. The van der Waals surface area contributed by atoms with Gasteiger partial charge in [-0.2, -0.15) is 5.26 Å². The number of pyridine rings is 1. The highest BCUT2D eigenvalue weighted by Gasteiger charge is 2.24. The summed E-state index contributed by atoms with van der Waals surface area (Å²) in [4.78, 5) is 4.07. The van der Waals surface area contributed by atoms with Gasteiger partial charge in [-0.1, -0.05) is 0 Å². The third-order valence-corrected chi connectivity index (χ3v) is 2.41. The van der Waals surface area contributed by atoms with E-state index in [4.69, 9.17) is 5.26 Å². The first-order valence-electron chi connectivity index (χ1n) is 4.78. The fourth-order valence-electron chi connectivity index (χ4n) is 1.00. The van der Waals surface area contributed by atoms with Gasteiger partial charge in [0.05, 0.1) is 17.2 Å². The lowest BCUT2D eigenvalue weighted by molar-refractivity contribution is 0.133. The Morgan fingerprint density at radius 3 is 2.80 bits per heavy atom. The quantitative estimate of drug-likeness (QED) is 0.785. The summed E-state index contributed by atoms with van der Waals surface area (Å²) in [6.45, 7) is 5.41. The van der Waals surface area contributed by atoms with Crippen molar-refractivity contribution in [1.82, 2.24) is 4.98 Å². The number of aliphatic hydroxyl groups excluding tert-OH is 1. The van der Waals surface area contributed by atoms with Crippen LogP contribution in [0.3, 0.4) is 0 Å². The number of nitrogens with zero attached hydrogens (tertiary/aromatic N) is 2. The summed E-state index contributed by atoms with van der Waals surface area (Å²) in [7, 11) is 0. The average Bonchev–Trinajstić information content (AvgIpc) is 2.18. The smallest absolute Gasteiger partial charge is 0.144 e. The van der Waals surface area contributed by atoms with E-state index in [2.05, 4.69) is 16.4 Å². The van der Waals surface area contributed by atoms with Gasteiger partial charge in [-0.05, 0) is 32.9 Å². The van der Waals surface area contributed by atoms with Crippen molar-refractivity contribution in [1.29, 1.82) is 5.26 Å². The maximum absolute atomic E-state index is 9.53. The number of aromatic nitrogens is 1. The highest BCUT2D eigenvalue weighted by Crippen LogP contribution is 2.19. The summed E-state index contributed by atoms with van der Waals surface area (Å²) in [6, 6.07) is 5.45. The molecule has 0 aliphatic rings. The number of anilines is 1. The highest BCUT2D eigenvalue weighted by atomic mass is 16.3. The van der Waals surface area contributed by atoms with E-state index < -0.39 is 11.6 Å². The van der Waals surface area contributed by atoms with E-state index in [1.54, 1.807) is 25.3 Å². The lowest BCUT2D eigenvalue weighted by atomic mass is 9.98. The molecular weight excluding hydrogens is 190 g/mol. The molecule has 1 rings (SSSR count). The molecule has 4 nitrogen and oxygen atoms in total. The average molecular weight is 205 g/mol. The Morgan fingerprint density at radius 1 is 1.60 bits per heavy atom. The van der Waals surface area contributed by atoms with Crippen LogP contribution in [-0.2, 0) is 0 Å². The zero-order valence-electron chi connectivity index (χ0n) is 9.15. The van der Waals surface area contributed by atoms with Gasteiger partial charge in [-0.3, -0.25) is 0 Å². The number of rotatable bonds is 3. The van der Waals surface area contributed by atoms with Gasteiger partial charge in [0.1, 0.15) is 11.9 Å². The summed E-state index contributed by atoms with van der Waals surface area (Å²) >= 11 is 0. The topological polar surface area (TPSA) is 68.9 Å². The van der Waals surface area contributed by atoms with Crippen LogP contribution in [0.4, 0.5) is 5.82 Å². The third-order valence-electron chi connectivity index (χ3n) is 2.41. The van der Waals surface area contributed by atoms with Crippen LogP contribution in [0.2, 0.25) is 0 Å². The van der Waals surface area contributed by atoms with Crippen LogP contribution in [0.5, 0.6) is 0 Å². The molecule has 0 radical (unpaired) electrons. The first-order chi connectivity index (χ1) is 6.97. The van der Waals surface area contributed by atoms with Crippen molar-refractivity contribution in [3.63, 3.8) is 0 Å². The monoisotopic (exact) mass is 205 g/mol. The van der Waals surface area contributed by atoms with Gasteiger partial charge in [0, 0.05) is 6.20 Å². The minimum Gasteiger partial charge on any atom is -0.391 e. The Balaban J connectivity index is 2.95. The van der Waals surface area contributed by atoms with E-state index in [1.807, 2.05) is 13.8 Å². The van der Waals surface area contributed by atoms with Crippen molar-refractivity contribution in [2.75, 3.05) is 5.32 Å². The minimum absolute atomic E-state index is 0.478. The van der Waals surface area contributed by atoms with Crippen LogP contribution in [0.25, 0.3) is 0 Å². The van der Waals surface area contributed by atoms with E-state index in [0.29, 0.717) is 11.4 Å². The second-order valence-electron chi connectivity index (χ2n) is 4.03. The van der Waals surface area contributed by atoms with Gasteiger partial charge in [0.25, 0.3) is 0 Å². The summed E-state index contributed by atoms with van der Waals surface area (Å²) < 4.78 is 0. The summed E-state index contributed by atoms with van der Waals surface area (Å²) in [5, 5.41) is 21.4. The Bertz CT molecular complexity index is 380. The zero-order valence-corrected chi connectivity index (χ0v) is 9.15. The molecule has 0 aliphatic carbocycles. The lowest BCUT2D eigenvalue weighted by Crippen LogP contribution is -2.42. The molecule has 0 amide bonds. The maximum atomic E-state index is 9.53. The molecule has 2 N–H and O–H groups in total. The Kier molecular flexibility index (Phi) is 3.28. The molecule has 0 fully saturated rings. The molecule has 0 saturated carbocycles. The van der Waals surface area contributed by atoms with Gasteiger partial charge in [0.2, 0.25) is 0 Å². The van der Waals surface area contributed by atoms with Crippen LogP contribution in [0.15, 0.2) is 18.3 Å². The molecule has 15 heavy (non-hydrogen) atoms. The molecule has 1 unspecified atom stereocenters. The molecule has 80 valence electrons. The standard InChI is InChI=1S/C11H15N3O/c1-8(15)11(2,3)14-10-9(7-12)5-4-6-13-10/h4-6,8,15H,1-3H3,(H,13,14). The molecule has 4 heteroatoms. The van der Waals surface area contributed by atoms with E-state index in [9.17, 15) is 5.11 Å². The fourth-order valence-corrected chi connectivity index (χ4v) is 1.00. The van der Waals surface area contributed by atoms with E-state index >= 15 is 0 Å². The first-order valence-corrected chi connectivity index (χ1v) is 4.78. The molecule has 1 aromatic rings. The second-order valence-corrected chi connectivity index (χ2v) is 4.03. The van der Waals surface area contributed by atoms with Crippen molar-refractivity contribution < 1.29 is 5.11 Å². The van der Waals surface area contributed by atoms with Crippen LogP contribution in [0, 0.1) is 11.3 Å². The lowest BCUT2D eigenvalue weighted by Gasteiger charge is -2.30. The molecule has 1 heterocycles. The number of nitriles is 1. The number of hydrogen-bond acceptors (Lipinski definition) is 4. The molecule has 1 atom stereocenters. The Morgan fingerprint density at radius 2 is 2.27 bits per heavy atom. The normalized spacial score (nSPS) is 13.0. The van der Waals surface area contributed by atoms with E-state index in [-0.39, 0.29) is 0 Å². The van der Waals surface area contributed by atoms with Gasteiger partial charge >= 0.3 is 0 Å². The fraction of sp³-hybridized carbons (Fsp3) is 0.455. The van der Waals surface area contributed by atoms with Crippen LogP contribution in [-0.4, -0.2) is 21.7 Å². The maximum Gasteiger partial charge on any atom is 0.144 e. The molecule has 0 saturated heterocycles. The second kappa shape index (κ2) is 4.28. The number of nitrogens with one attached hydrogen (secondary N) is 1. The zero-order chi connectivity index (χ0) is 11.5. The molecular formula is C11H15N3O. The summed E-state index contributed by atoms with van der Waals surface area (Å²) in [5.41, 5.74) is -0.0359. The molecule has 1 aromatic heterocycles. The largest absolute Gasteiger partial charge is 0.391 e. The number of hydrogen-bond donors (Lipinski definition) is 2. The summed E-state index contributed by atoms with van der Waals surface area (Å²) in [5.74, 6) is 0.505. The van der Waals surface area contributed by atoms with Gasteiger partial charge in [-0.25, -0.2) is 4.98 Å². The molecule has 0 aliphatic heterocycles. The van der Waals surface area contributed by atoms with Crippen molar-refractivity contribution in [2.24, 2.45) is 0 Å². The van der Waals surface area contributed by atoms with Gasteiger partial charge < -0.3 is 10.4 Å². The van der Waals surface area contributed by atoms with Crippen LogP contribution < -0.4 is 5.32 Å².